The molecule has 0 atom stereocenters. The molecule has 1 rings (SSSR count). The number of nitrogens with zero attached hydrogens (tertiary/aromatic N) is 3. The van der Waals surface area contributed by atoms with E-state index in [-0.39, 0.29) is 5.54 Å². The molecule has 74 valence electrons. The van der Waals surface area contributed by atoms with Crippen LogP contribution in [0.2, 0.25) is 0 Å². The molecule has 0 saturated carbocycles. The molecule has 1 heterocycles. The van der Waals surface area contributed by atoms with Gasteiger partial charge in [-0.1, -0.05) is 19.1 Å². The van der Waals surface area contributed by atoms with E-state index in [9.17, 15) is 0 Å². The zero-order valence-electron chi connectivity index (χ0n) is 9.26. The van der Waals surface area contributed by atoms with Crippen LogP contribution >= 0.6 is 0 Å². The van der Waals surface area contributed by atoms with Gasteiger partial charge < -0.3 is 0 Å². The highest BCUT2D eigenvalue weighted by Crippen LogP contribution is 2.17. The van der Waals surface area contributed by atoms with Gasteiger partial charge in [-0.15, -0.1) is 5.10 Å². The quantitative estimate of drug-likeness (QED) is 0.700. The Bertz CT molecular complexity index is 281. The number of rotatable bonds is 2. The number of hydrogen-bond acceptors (Lipinski definition) is 2. The van der Waals surface area contributed by atoms with Crippen molar-refractivity contribution in [3.8, 4) is 0 Å². The van der Waals surface area contributed by atoms with E-state index in [1.165, 1.54) is 5.69 Å². The summed E-state index contributed by atoms with van der Waals surface area (Å²) in [6.45, 7) is 10.7. The third kappa shape index (κ3) is 1.90. The van der Waals surface area contributed by atoms with Crippen LogP contribution in [-0.4, -0.2) is 15.0 Å². The van der Waals surface area contributed by atoms with Crippen LogP contribution in [0.25, 0.3) is 0 Å². The highest BCUT2D eigenvalue weighted by atomic mass is 15.5. The van der Waals surface area contributed by atoms with Crippen LogP contribution in [0.3, 0.4) is 0 Å². The Morgan fingerprint density at radius 2 is 1.77 bits per heavy atom. The summed E-state index contributed by atoms with van der Waals surface area (Å²) in [5.41, 5.74) is 2.46. The highest BCUT2D eigenvalue weighted by Gasteiger charge is 2.19. The zero-order chi connectivity index (χ0) is 10.1. The van der Waals surface area contributed by atoms with Gasteiger partial charge in [0.2, 0.25) is 0 Å². The average Bonchev–Trinajstić information content (AvgIpc) is 2.45. The first-order valence-corrected chi connectivity index (χ1v) is 4.94. The van der Waals surface area contributed by atoms with Crippen LogP contribution in [0.5, 0.6) is 0 Å². The summed E-state index contributed by atoms with van der Waals surface area (Å²) in [6, 6.07) is 0. The molecule has 0 N–H and O–H groups in total. The smallest absolute Gasteiger partial charge is 0.0856 e. The van der Waals surface area contributed by atoms with Crippen LogP contribution in [-0.2, 0) is 18.4 Å². The van der Waals surface area contributed by atoms with E-state index in [0.717, 1.165) is 18.5 Å². The molecule has 0 aliphatic carbocycles. The third-order valence-corrected chi connectivity index (χ3v) is 2.15. The summed E-state index contributed by atoms with van der Waals surface area (Å²) in [6.07, 6.45) is 1.98. The molecule has 3 nitrogen and oxygen atoms in total. The molecule has 0 unspecified atom stereocenters. The summed E-state index contributed by atoms with van der Waals surface area (Å²) in [5.74, 6) is 0. The van der Waals surface area contributed by atoms with E-state index < -0.39 is 0 Å². The van der Waals surface area contributed by atoms with E-state index in [2.05, 4.69) is 44.9 Å². The first-order chi connectivity index (χ1) is 6.00. The third-order valence-electron chi connectivity index (χ3n) is 2.15. The van der Waals surface area contributed by atoms with Gasteiger partial charge in [0.25, 0.3) is 0 Å². The minimum absolute atomic E-state index is 0.0474. The summed E-state index contributed by atoms with van der Waals surface area (Å²) in [7, 11) is 0. The number of hydrogen-bond donors (Lipinski definition) is 0. The first kappa shape index (κ1) is 10.2. The van der Waals surface area contributed by atoms with E-state index in [4.69, 9.17) is 0 Å². The Morgan fingerprint density at radius 1 is 1.15 bits per heavy atom. The van der Waals surface area contributed by atoms with Gasteiger partial charge in [-0.05, 0) is 33.6 Å². The predicted octanol–water partition coefficient (Wildman–Crippen LogP) is 2.16. The molecule has 13 heavy (non-hydrogen) atoms. The van der Waals surface area contributed by atoms with E-state index >= 15 is 0 Å². The van der Waals surface area contributed by atoms with Crippen LogP contribution in [0.1, 0.15) is 46.0 Å². The lowest BCUT2D eigenvalue weighted by Crippen LogP contribution is -2.25. The van der Waals surface area contributed by atoms with Crippen LogP contribution in [0.15, 0.2) is 0 Å². The van der Waals surface area contributed by atoms with Crippen molar-refractivity contribution < 1.29 is 0 Å². The Kier molecular flexibility index (Phi) is 2.74. The summed E-state index contributed by atoms with van der Waals surface area (Å²) < 4.78 is 2.03. The summed E-state index contributed by atoms with van der Waals surface area (Å²) in [5, 5.41) is 8.38. The molecule has 0 spiro atoms. The lowest BCUT2D eigenvalue weighted by molar-refractivity contribution is 0.336. The fraction of sp³-hybridized carbons (Fsp3) is 0.800. The molecule has 0 fully saturated rings. The second kappa shape index (κ2) is 3.48. The fourth-order valence-corrected chi connectivity index (χ4v) is 1.50. The monoisotopic (exact) mass is 181 g/mol. The maximum atomic E-state index is 4.20. The van der Waals surface area contributed by atoms with Gasteiger partial charge in [-0.2, -0.15) is 0 Å². The lowest BCUT2D eigenvalue weighted by atomic mass is 10.1. The van der Waals surface area contributed by atoms with Crippen molar-refractivity contribution in [2.75, 3.05) is 0 Å². The van der Waals surface area contributed by atoms with Crippen molar-refractivity contribution >= 4 is 0 Å². The summed E-state index contributed by atoms with van der Waals surface area (Å²) in [4.78, 5) is 0. The molecule has 3 heteroatoms. The highest BCUT2D eigenvalue weighted by molar-refractivity contribution is 5.11. The zero-order valence-corrected chi connectivity index (χ0v) is 9.26. The van der Waals surface area contributed by atoms with Crippen molar-refractivity contribution in [1.29, 1.82) is 0 Å². The minimum Gasteiger partial charge on any atom is -0.244 e. The largest absolute Gasteiger partial charge is 0.244 e. The lowest BCUT2D eigenvalue weighted by Gasteiger charge is -2.21. The molecule has 0 aliphatic rings. The van der Waals surface area contributed by atoms with Crippen molar-refractivity contribution in [1.82, 2.24) is 15.0 Å². The van der Waals surface area contributed by atoms with Gasteiger partial charge in [0.05, 0.1) is 16.9 Å². The molecule has 0 radical (unpaired) electrons. The van der Waals surface area contributed by atoms with Gasteiger partial charge in [-0.25, -0.2) is 4.68 Å². The van der Waals surface area contributed by atoms with Crippen LogP contribution < -0.4 is 0 Å². The number of aryl methyl sites for hydroxylation is 1. The Labute approximate surface area is 80.1 Å². The average molecular weight is 181 g/mol. The molecule has 0 aromatic carbocycles. The van der Waals surface area contributed by atoms with Gasteiger partial charge in [-0.3, -0.25) is 0 Å². The first-order valence-electron chi connectivity index (χ1n) is 4.94. The molecule has 0 aliphatic heterocycles. The van der Waals surface area contributed by atoms with Crippen molar-refractivity contribution in [3.63, 3.8) is 0 Å². The van der Waals surface area contributed by atoms with E-state index in [1.54, 1.807) is 0 Å². The van der Waals surface area contributed by atoms with Gasteiger partial charge in [0.1, 0.15) is 0 Å². The molecule has 0 amide bonds. The molecular weight excluding hydrogens is 162 g/mol. The molecule has 1 aromatic rings. The standard InChI is InChI=1S/C10H19N3/c1-6-8-9(7-2)13(12-11-8)10(3,4)5/h6-7H2,1-5H3. The van der Waals surface area contributed by atoms with E-state index in [0.29, 0.717) is 0 Å². The fourth-order valence-electron chi connectivity index (χ4n) is 1.50. The van der Waals surface area contributed by atoms with Gasteiger partial charge in [0, 0.05) is 0 Å². The number of aromatic nitrogens is 3. The van der Waals surface area contributed by atoms with Crippen LogP contribution in [0, 0.1) is 0 Å². The second-order valence-corrected chi connectivity index (χ2v) is 4.27. The maximum Gasteiger partial charge on any atom is 0.0856 e. The van der Waals surface area contributed by atoms with Crippen LogP contribution in [0.4, 0.5) is 0 Å². The van der Waals surface area contributed by atoms with E-state index in [1.807, 2.05) is 4.68 Å². The maximum absolute atomic E-state index is 4.20. The Morgan fingerprint density at radius 3 is 2.15 bits per heavy atom. The second-order valence-electron chi connectivity index (χ2n) is 4.27. The van der Waals surface area contributed by atoms with Gasteiger partial charge >= 0.3 is 0 Å². The van der Waals surface area contributed by atoms with Crippen molar-refractivity contribution in [3.05, 3.63) is 11.4 Å². The summed E-state index contributed by atoms with van der Waals surface area (Å²) >= 11 is 0. The molecular formula is C10H19N3. The van der Waals surface area contributed by atoms with Crippen molar-refractivity contribution in [2.24, 2.45) is 0 Å². The molecule has 1 aromatic heterocycles. The topological polar surface area (TPSA) is 30.7 Å². The normalized spacial score (nSPS) is 12.1. The van der Waals surface area contributed by atoms with Crippen molar-refractivity contribution in [2.45, 2.75) is 53.0 Å². The SMILES string of the molecule is CCc1nnn(C(C)(C)C)c1CC. The Hall–Kier alpha value is -0.860. The predicted molar refractivity (Wildman–Crippen MR) is 53.8 cm³/mol. The minimum atomic E-state index is 0.0474. The Balaban J connectivity index is 3.16. The molecule has 0 bridgehead atoms. The molecule has 0 saturated heterocycles. The van der Waals surface area contributed by atoms with Gasteiger partial charge in [0.15, 0.2) is 0 Å².